The van der Waals surface area contributed by atoms with Gasteiger partial charge < -0.3 is 15.4 Å². The lowest BCUT2D eigenvalue weighted by Crippen LogP contribution is -2.20. The van der Waals surface area contributed by atoms with E-state index < -0.39 is 5.82 Å². The zero-order valence-corrected chi connectivity index (χ0v) is 10.0. The van der Waals surface area contributed by atoms with Gasteiger partial charge in [0, 0.05) is 13.6 Å². The van der Waals surface area contributed by atoms with Gasteiger partial charge in [0.25, 0.3) is 0 Å². The molecule has 0 aliphatic rings. The van der Waals surface area contributed by atoms with Crippen LogP contribution in [0.2, 0.25) is 0 Å². The molecule has 1 rings (SSSR count). The molecular weight excluding hydrogens is 223 g/mol. The Kier molecular flexibility index (Phi) is 5.42. The normalized spacial score (nSPS) is 10.1. The zero-order chi connectivity index (χ0) is 12.7. The lowest BCUT2D eigenvalue weighted by Gasteiger charge is -2.08. The van der Waals surface area contributed by atoms with E-state index in [0.717, 1.165) is 5.56 Å². The second-order valence-electron chi connectivity index (χ2n) is 3.57. The van der Waals surface area contributed by atoms with E-state index >= 15 is 0 Å². The van der Waals surface area contributed by atoms with Gasteiger partial charge in [0.1, 0.15) is 0 Å². The minimum Gasteiger partial charge on any atom is -0.490 e. The molecule has 94 valence electrons. The molecule has 0 unspecified atom stereocenters. The predicted octanol–water partition coefficient (Wildman–Crippen LogP) is 1.06. The Morgan fingerprint density at radius 3 is 2.76 bits per heavy atom. The van der Waals surface area contributed by atoms with Crippen LogP contribution >= 0.6 is 0 Å². The van der Waals surface area contributed by atoms with Crippen molar-refractivity contribution in [3.05, 3.63) is 29.6 Å². The second kappa shape index (κ2) is 6.85. The summed E-state index contributed by atoms with van der Waals surface area (Å²) in [5.74, 6) is -0.361. The minimum atomic E-state index is -0.408. The molecule has 1 aromatic rings. The van der Waals surface area contributed by atoms with Gasteiger partial charge in [-0.2, -0.15) is 0 Å². The van der Waals surface area contributed by atoms with Crippen LogP contribution in [0.1, 0.15) is 12.0 Å². The number of rotatable bonds is 6. The van der Waals surface area contributed by atoms with Crippen molar-refractivity contribution in [3.63, 3.8) is 0 Å². The molecule has 1 aromatic carbocycles. The molecule has 0 fully saturated rings. The summed E-state index contributed by atoms with van der Waals surface area (Å²) >= 11 is 0. The molecule has 1 amide bonds. The van der Waals surface area contributed by atoms with Crippen molar-refractivity contribution in [2.75, 3.05) is 20.7 Å². The van der Waals surface area contributed by atoms with Crippen LogP contribution in [-0.2, 0) is 11.3 Å². The Balaban J connectivity index is 2.51. The van der Waals surface area contributed by atoms with Crippen molar-refractivity contribution in [1.29, 1.82) is 0 Å². The molecule has 0 bridgehead atoms. The van der Waals surface area contributed by atoms with Crippen LogP contribution in [0.25, 0.3) is 0 Å². The lowest BCUT2D eigenvalue weighted by atomic mass is 10.2. The second-order valence-corrected chi connectivity index (χ2v) is 3.57. The Morgan fingerprint density at radius 1 is 1.41 bits per heavy atom. The number of halogens is 1. The monoisotopic (exact) mass is 240 g/mol. The highest BCUT2D eigenvalue weighted by Crippen LogP contribution is 2.18. The van der Waals surface area contributed by atoms with E-state index in [1.54, 1.807) is 26.2 Å². The van der Waals surface area contributed by atoms with Crippen molar-refractivity contribution < 1.29 is 13.9 Å². The Bertz CT molecular complexity index is 383. The first-order valence-electron chi connectivity index (χ1n) is 5.43. The van der Waals surface area contributed by atoms with Crippen LogP contribution < -0.4 is 15.4 Å². The molecule has 5 heteroatoms. The largest absolute Gasteiger partial charge is 0.490 e. The Morgan fingerprint density at radius 2 is 2.18 bits per heavy atom. The smallest absolute Gasteiger partial charge is 0.223 e. The summed E-state index contributed by atoms with van der Waals surface area (Å²) < 4.78 is 18.7. The van der Waals surface area contributed by atoms with Gasteiger partial charge in [-0.15, -0.1) is 0 Å². The fraction of sp³-hybridized carbons (Fsp3) is 0.417. The maximum Gasteiger partial charge on any atom is 0.223 e. The highest BCUT2D eigenvalue weighted by Gasteiger charge is 2.05. The molecule has 0 atom stereocenters. The van der Waals surface area contributed by atoms with Gasteiger partial charge >= 0.3 is 0 Å². The summed E-state index contributed by atoms with van der Waals surface area (Å²) in [5.41, 5.74) is 0.851. The van der Waals surface area contributed by atoms with Gasteiger partial charge in [0.2, 0.25) is 5.91 Å². The SMILES string of the molecule is CNCc1ccc(OCCC(=O)NC)c(F)c1. The molecule has 4 nitrogen and oxygen atoms in total. The van der Waals surface area contributed by atoms with Crippen LogP contribution in [0.15, 0.2) is 18.2 Å². The van der Waals surface area contributed by atoms with Crippen molar-refractivity contribution in [2.45, 2.75) is 13.0 Å². The standard InChI is InChI=1S/C12H17FN2O2/c1-14-8-9-3-4-11(10(13)7-9)17-6-5-12(16)15-2/h3-4,7,14H,5-6,8H2,1-2H3,(H,15,16). The van der Waals surface area contributed by atoms with E-state index in [1.807, 2.05) is 0 Å². The van der Waals surface area contributed by atoms with Crippen LogP contribution in [0, 0.1) is 5.82 Å². The van der Waals surface area contributed by atoms with Gasteiger partial charge in [-0.05, 0) is 24.7 Å². The van der Waals surface area contributed by atoms with E-state index in [9.17, 15) is 9.18 Å². The fourth-order valence-corrected chi connectivity index (χ4v) is 1.35. The fourth-order valence-electron chi connectivity index (χ4n) is 1.35. The molecule has 0 heterocycles. The van der Waals surface area contributed by atoms with Crippen molar-refractivity contribution in [1.82, 2.24) is 10.6 Å². The summed E-state index contributed by atoms with van der Waals surface area (Å²) in [4.78, 5) is 10.9. The van der Waals surface area contributed by atoms with Crippen molar-refractivity contribution in [2.24, 2.45) is 0 Å². The molecule has 0 aliphatic heterocycles. The molecule has 0 spiro atoms. The van der Waals surface area contributed by atoms with Gasteiger partial charge in [-0.3, -0.25) is 4.79 Å². The van der Waals surface area contributed by atoms with Crippen LogP contribution in [0.5, 0.6) is 5.75 Å². The third-order valence-electron chi connectivity index (χ3n) is 2.24. The molecular formula is C12H17FN2O2. The number of benzene rings is 1. The number of carbonyl (C=O) groups excluding carboxylic acids is 1. The van der Waals surface area contributed by atoms with E-state index in [-0.39, 0.29) is 24.7 Å². The summed E-state index contributed by atoms with van der Waals surface area (Å²) in [5, 5.41) is 5.41. The Hall–Kier alpha value is -1.62. The van der Waals surface area contributed by atoms with E-state index in [1.165, 1.54) is 6.07 Å². The molecule has 2 N–H and O–H groups in total. The van der Waals surface area contributed by atoms with E-state index in [4.69, 9.17) is 4.74 Å². The number of hydrogen-bond acceptors (Lipinski definition) is 3. The number of ether oxygens (including phenoxy) is 1. The number of nitrogens with one attached hydrogen (secondary N) is 2. The molecule has 0 saturated heterocycles. The number of hydrogen-bond donors (Lipinski definition) is 2. The maximum atomic E-state index is 13.5. The lowest BCUT2D eigenvalue weighted by molar-refractivity contribution is -0.121. The molecule has 0 aromatic heterocycles. The summed E-state index contributed by atoms with van der Waals surface area (Å²) in [6.45, 7) is 0.775. The molecule has 0 radical (unpaired) electrons. The van der Waals surface area contributed by atoms with Crippen LogP contribution in [-0.4, -0.2) is 26.6 Å². The van der Waals surface area contributed by atoms with Gasteiger partial charge in [-0.1, -0.05) is 6.07 Å². The first-order chi connectivity index (χ1) is 8.17. The Labute approximate surface area is 100 Å². The minimum absolute atomic E-state index is 0.128. The van der Waals surface area contributed by atoms with E-state index in [2.05, 4.69) is 10.6 Å². The average Bonchev–Trinajstić information content (AvgIpc) is 2.32. The highest BCUT2D eigenvalue weighted by atomic mass is 19.1. The topological polar surface area (TPSA) is 50.4 Å². The third kappa shape index (κ3) is 4.40. The first-order valence-corrected chi connectivity index (χ1v) is 5.43. The zero-order valence-electron chi connectivity index (χ0n) is 10.0. The summed E-state index contributed by atoms with van der Waals surface area (Å²) in [6.07, 6.45) is 0.216. The first kappa shape index (κ1) is 13.4. The van der Waals surface area contributed by atoms with Crippen LogP contribution in [0.4, 0.5) is 4.39 Å². The summed E-state index contributed by atoms with van der Waals surface area (Å²) in [7, 11) is 3.35. The van der Waals surface area contributed by atoms with Gasteiger partial charge in [-0.25, -0.2) is 4.39 Å². The molecule has 0 aliphatic carbocycles. The highest BCUT2D eigenvalue weighted by molar-refractivity contribution is 5.75. The van der Waals surface area contributed by atoms with Crippen molar-refractivity contribution in [3.8, 4) is 5.75 Å². The maximum absolute atomic E-state index is 13.5. The van der Waals surface area contributed by atoms with Gasteiger partial charge in [0.05, 0.1) is 13.0 Å². The van der Waals surface area contributed by atoms with Crippen molar-refractivity contribution >= 4 is 5.91 Å². The van der Waals surface area contributed by atoms with Crippen LogP contribution in [0.3, 0.4) is 0 Å². The average molecular weight is 240 g/mol. The number of amides is 1. The number of carbonyl (C=O) groups is 1. The molecule has 0 saturated carbocycles. The predicted molar refractivity (Wildman–Crippen MR) is 63.3 cm³/mol. The third-order valence-corrected chi connectivity index (χ3v) is 2.24. The van der Waals surface area contributed by atoms with E-state index in [0.29, 0.717) is 6.54 Å². The molecule has 17 heavy (non-hydrogen) atoms. The van der Waals surface area contributed by atoms with Gasteiger partial charge in [0.15, 0.2) is 11.6 Å². The summed E-state index contributed by atoms with van der Waals surface area (Å²) in [6, 6.07) is 4.78. The quantitative estimate of drug-likeness (QED) is 0.781.